The Morgan fingerprint density at radius 3 is 2.29 bits per heavy atom. The number of amides is 2. The van der Waals surface area contributed by atoms with E-state index in [9.17, 15) is 14.7 Å². The normalized spacial score (nSPS) is 18.7. The lowest BCUT2D eigenvalue weighted by Gasteiger charge is -2.36. The number of hydrogen-bond acceptors (Lipinski definition) is 10. The fourth-order valence-electron chi connectivity index (χ4n) is 4.46. The van der Waals surface area contributed by atoms with Gasteiger partial charge < -0.3 is 19.9 Å². The van der Waals surface area contributed by atoms with Gasteiger partial charge in [0.05, 0.1) is 18.8 Å². The van der Waals surface area contributed by atoms with Crippen molar-refractivity contribution in [2.24, 2.45) is 7.05 Å². The number of ether oxygens (including phenoxy) is 2. The van der Waals surface area contributed by atoms with Gasteiger partial charge in [0, 0.05) is 43.3 Å². The molecule has 0 saturated carbocycles. The molecular weight excluding hydrogens is 548 g/mol. The average molecular weight is 585 g/mol. The Balaban J connectivity index is 1.33. The van der Waals surface area contributed by atoms with Gasteiger partial charge in [-0.3, -0.25) is 14.8 Å². The predicted octanol–water partition coefficient (Wildman–Crippen LogP) is 3.82. The lowest BCUT2D eigenvalue weighted by molar-refractivity contribution is -0.245. The van der Waals surface area contributed by atoms with Crippen LogP contribution in [-0.4, -0.2) is 54.2 Å². The first-order valence-electron chi connectivity index (χ1n) is 13.6. The first-order valence-corrected chi connectivity index (χ1v) is 14.6. The number of hydroxylamine groups is 1. The average Bonchev–Trinajstić information content (AvgIpc) is 3.42. The van der Waals surface area contributed by atoms with Crippen LogP contribution < -0.4 is 10.8 Å². The van der Waals surface area contributed by atoms with Crippen LogP contribution in [0.25, 0.3) is 0 Å². The monoisotopic (exact) mass is 584 g/mol. The number of anilines is 1. The fraction of sp³-hybridized carbons (Fsp3) is 0.464. The molecule has 4 N–H and O–H groups in total. The quantitative estimate of drug-likeness (QED) is 0.0949. The minimum atomic E-state index is -0.604. The van der Waals surface area contributed by atoms with Crippen LogP contribution in [0.5, 0.6) is 0 Å². The SMILES string of the molecule is Cn1nnnc1SC[C@H]1C[C@@H](c2ccc(CO)cc2)O[C@@H](c2ccc(NC(=O)CCCCCCC(=O)NO)cc2)O1. The van der Waals surface area contributed by atoms with Gasteiger partial charge in [-0.05, 0) is 46.5 Å². The van der Waals surface area contributed by atoms with Crippen molar-refractivity contribution in [2.45, 2.75) is 75.2 Å². The molecule has 0 radical (unpaired) electrons. The summed E-state index contributed by atoms with van der Waals surface area (Å²) in [6.07, 6.45) is 3.42. The molecule has 0 bridgehead atoms. The minimum Gasteiger partial charge on any atom is -0.392 e. The number of nitrogens with one attached hydrogen (secondary N) is 2. The number of nitrogens with zero attached hydrogens (tertiary/aromatic N) is 4. The van der Waals surface area contributed by atoms with Gasteiger partial charge in [0.25, 0.3) is 0 Å². The zero-order chi connectivity index (χ0) is 29.0. The topological polar surface area (TPSA) is 161 Å². The molecule has 2 heterocycles. The number of aromatic nitrogens is 4. The van der Waals surface area contributed by atoms with Crippen molar-refractivity contribution < 1.29 is 29.4 Å². The van der Waals surface area contributed by atoms with Crippen LogP contribution in [-0.2, 0) is 32.7 Å². The Kier molecular flexibility index (Phi) is 11.6. The Hall–Kier alpha value is -3.36. The highest BCUT2D eigenvalue weighted by Crippen LogP contribution is 2.39. The van der Waals surface area contributed by atoms with Crippen LogP contribution in [0.15, 0.2) is 53.7 Å². The number of aryl methyl sites for hydroxylation is 1. The van der Waals surface area contributed by atoms with Crippen LogP contribution in [0.2, 0.25) is 0 Å². The molecule has 1 aromatic heterocycles. The molecule has 0 aliphatic carbocycles. The molecule has 1 saturated heterocycles. The molecular formula is C28H36N6O6S. The standard InChI is InChI=1S/C28H36N6O6S/c1-34-28(30-32-33-34)41-18-23-16-24(20-10-8-19(17-35)9-11-20)40-27(39-23)21-12-14-22(15-13-21)29-25(36)6-4-2-3-5-7-26(37)31-38/h8-15,23-24,27,35,38H,2-7,16-18H2,1H3,(H,29,36)(H,31,37)/t23-,24+,27+/m1/s1. The molecule has 13 heteroatoms. The van der Waals surface area contributed by atoms with Crippen LogP contribution >= 0.6 is 11.8 Å². The van der Waals surface area contributed by atoms with Crippen LogP contribution in [0.3, 0.4) is 0 Å². The van der Waals surface area contributed by atoms with Gasteiger partial charge in [-0.2, -0.15) is 0 Å². The number of carbonyl (C=O) groups excluding carboxylic acids is 2. The second-order valence-electron chi connectivity index (χ2n) is 9.87. The molecule has 1 aliphatic rings. The number of benzene rings is 2. The summed E-state index contributed by atoms with van der Waals surface area (Å²) < 4.78 is 14.4. The number of aliphatic hydroxyl groups excluding tert-OH is 1. The number of carbonyl (C=O) groups is 2. The van der Waals surface area contributed by atoms with Crippen LogP contribution in [0.1, 0.15) is 74.0 Å². The first-order chi connectivity index (χ1) is 19.9. The van der Waals surface area contributed by atoms with E-state index < -0.39 is 12.2 Å². The molecule has 2 aromatic carbocycles. The Morgan fingerprint density at radius 2 is 1.66 bits per heavy atom. The Bertz CT molecular complexity index is 1260. The second kappa shape index (κ2) is 15.6. The van der Waals surface area contributed by atoms with Crippen molar-refractivity contribution in [3.63, 3.8) is 0 Å². The fourth-order valence-corrected chi connectivity index (χ4v) is 5.33. The number of unbranched alkanes of at least 4 members (excludes halogenated alkanes) is 3. The predicted molar refractivity (Wildman–Crippen MR) is 151 cm³/mol. The van der Waals surface area contributed by atoms with E-state index >= 15 is 0 Å². The summed E-state index contributed by atoms with van der Waals surface area (Å²) in [5, 5.41) is 33.2. The third-order valence-electron chi connectivity index (χ3n) is 6.74. The summed E-state index contributed by atoms with van der Waals surface area (Å²) in [6, 6.07) is 15.2. The number of thioether (sulfide) groups is 1. The summed E-state index contributed by atoms with van der Waals surface area (Å²) in [4.78, 5) is 23.4. The van der Waals surface area contributed by atoms with Crippen molar-refractivity contribution >= 4 is 29.3 Å². The van der Waals surface area contributed by atoms with Gasteiger partial charge >= 0.3 is 0 Å². The molecule has 0 unspecified atom stereocenters. The van der Waals surface area contributed by atoms with Crippen molar-refractivity contribution in [3.8, 4) is 0 Å². The van der Waals surface area contributed by atoms with E-state index in [1.165, 1.54) is 11.8 Å². The molecule has 4 rings (SSSR count). The maximum atomic E-state index is 12.4. The molecule has 3 aromatic rings. The van der Waals surface area contributed by atoms with E-state index in [4.69, 9.17) is 14.7 Å². The summed E-state index contributed by atoms with van der Waals surface area (Å²) in [5.74, 6) is 0.177. The van der Waals surface area contributed by atoms with Gasteiger partial charge in [0.2, 0.25) is 17.0 Å². The number of tetrazole rings is 1. The maximum Gasteiger partial charge on any atom is 0.243 e. The van der Waals surface area contributed by atoms with Crippen molar-refractivity contribution in [1.29, 1.82) is 0 Å². The number of aliphatic hydroxyl groups is 1. The van der Waals surface area contributed by atoms with Gasteiger partial charge in [0.15, 0.2) is 6.29 Å². The van der Waals surface area contributed by atoms with Crippen LogP contribution in [0, 0.1) is 0 Å². The molecule has 1 fully saturated rings. The molecule has 12 nitrogen and oxygen atoms in total. The third-order valence-corrected chi connectivity index (χ3v) is 7.89. The highest BCUT2D eigenvalue weighted by atomic mass is 32.2. The van der Waals surface area contributed by atoms with Crippen molar-refractivity contribution in [3.05, 3.63) is 65.2 Å². The molecule has 2 amide bonds. The highest BCUT2D eigenvalue weighted by Gasteiger charge is 2.32. The van der Waals surface area contributed by atoms with E-state index in [2.05, 4.69) is 20.8 Å². The molecule has 220 valence electrons. The van der Waals surface area contributed by atoms with E-state index in [1.807, 2.05) is 48.5 Å². The van der Waals surface area contributed by atoms with Gasteiger partial charge in [-0.15, -0.1) is 5.10 Å². The first kappa shape index (κ1) is 30.6. The molecule has 0 spiro atoms. The third kappa shape index (κ3) is 9.33. The zero-order valence-corrected chi connectivity index (χ0v) is 23.8. The molecule has 41 heavy (non-hydrogen) atoms. The minimum absolute atomic E-state index is 0.0169. The number of rotatable bonds is 14. The van der Waals surface area contributed by atoms with Crippen molar-refractivity contribution in [1.82, 2.24) is 25.7 Å². The van der Waals surface area contributed by atoms with E-state index in [1.54, 1.807) is 17.2 Å². The molecule has 3 atom stereocenters. The summed E-state index contributed by atoms with van der Waals surface area (Å²) in [5.41, 5.74) is 4.98. The van der Waals surface area contributed by atoms with Gasteiger partial charge in [-0.1, -0.05) is 61.0 Å². The van der Waals surface area contributed by atoms with Crippen molar-refractivity contribution in [2.75, 3.05) is 11.1 Å². The van der Waals surface area contributed by atoms with Crippen LogP contribution in [0.4, 0.5) is 5.69 Å². The number of hydrogen-bond donors (Lipinski definition) is 4. The summed E-state index contributed by atoms with van der Waals surface area (Å²) in [6.45, 7) is -0.0169. The lowest BCUT2D eigenvalue weighted by Crippen LogP contribution is -2.31. The summed E-state index contributed by atoms with van der Waals surface area (Å²) >= 11 is 1.52. The van der Waals surface area contributed by atoms with Gasteiger partial charge in [-0.25, -0.2) is 10.2 Å². The van der Waals surface area contributed by atoms with E-state index in [0.717, 1.165) is 36.0 Å². The summed E-state index contributed by atoms with van der Waals surface area (Å²) in [7, 11) is 1.80. The zero-order valence-electron chi connectivity index (χ0n) is 22.9. The highest BCUT2D eigenvalue weighted by molar-refractivity contribution is 7.99. The van der Waals surface area contributed by atoms with E-state index in [-0.39, 0.29) is 31.1 Å². The van der Waals surface area contributed by atoms with Gasteiger partial charge in [0.1, 0.15) is 0 Å². The largest absolute Gasteiger partial charge is 0.392 e. The lowest BCUT2D eigenvalue weighted by atomic mass is 10.0. The second-order valence-corrected chi connectivity index (χ2v) is 10.9. The Labute approximate surface area is 242 Å². The maximum absolute atomic E-state index is 12.4. The van der Waals surface area contributed by atoms with E-state index in [0.29, 0.717) is 35.9 Å². The molecule has 1 aliphatic heterocycles. The smallest absolute Gasteiger partial charge is 0.243 e. The Morgan fingerprint density at radius 1 is 0.976 bits per heavy atom.